The Hall–Kier alpha value is -3.01. The van der Waals surface area contributed by atoms with Gasteiger partial charge in [0.2, 0.25) is 0 Å². The minimum Gasteiger partial charge on any atom is -0.456 e. The zero-order chi connectivity index (χ0) is 19.8. The predicted octanol–water partition coefficient (Wildman–Crippen LogP) is 1.26. The Bertz CT molecular complexity index is 1020. The summed E-state index contributed by atoms with van der Waals surface area (Å²) in [6.07, 6.45) is 3.69. The molecule has 1 amide bonds. The quantitative estimate of drug-likeness (QED) is 0.648. The molecule has 0 N–H and O–H groups in total. The van der Waals surface area contributed by atoms with Crippen molar-refractivity contribution in [3.8, 4) is 0 Å². The Morgan fingerprint density at radius 2 is 2.07 bits per heavy atom. The molecule has 0 aliphatic carbocycles. The number of morpholine rings is 1. The third kappa shape index (κ3) is 3.44. The number of hydrogen-bond acceptors (Lipinski definition) is 8. The van der Waals surface area contributed by atoms with Crippen molar-refractivity contribution in [2.24, 2.45) is 0 Å². The third-order valence-corrected chi connectivity index (χ3v) is 5.44. The molecule has 3 aromatic heterocycles. The van der Waals surface area contributed by atoms with Gasteiger partial charge in [0, 0.05) is 26.2 Å². The third-order valence-electron chi connectivity index (χ3n) is 5.44. The molecule has 0 aromatic carbocycles. The van der Waals surface area contributed by atoms with Crippen LogP contribution in [-0.4, -0.2) is 74.7 Å². The van der Waals surface area contributed by atoms with Crippen LogP contribution in [0, 0.1) is 6.92 Å². The molecule has 0 unspecified atom stereocenters. The summed E-state index contributed by atoms with van der Waals surface area (Å²) < 4.78 is 13.1. The van der Waals surface area contributed by atoms with E-state index in [4.69, 9.17) is 9.15 Å². The van der Waals surface area contributed by atoms with Crippen LogP contribution in [0.5, 0.6) is 0 Å². The second-order valence-corrected chi connectivity index (χ2v) is 7.49. The van der Waals surface area contributed by atoms with Gasteiger partial charge in [-0.3, -0.25) is 4.79 Å². The highest BCUT2D eigenvalue weighted by Crippen LogP contribution is 2.24. The fraction of sp³-hybridized carbons (Fsp3) is 0.526. The topological polar surface area (TPSA) is 102 Å². The first kappa shape index (κ1) is 18.0. The highest BCUT2D eigenvalue weighted by Gasteiger charge is 2.28. The number of amides is 1. The monoisotopic (exact) mass is 397 g/mol. The van der Waals surface area contributed by atoms with E-state index in [2.05, 4.69) is 25.2 Å². The minimum atomic E-state index is -0.195. The molecule has 3 aromatic rings. The van der Waals surface area contributed by atoms with E-state index in [1.165, 1.54) is 0 Å². The number of carbonyl (C=O) groups is 1. The molecule has 5 rings (SSSR count). The molecule has 2 fully saturated rings. The number of anilines is 1. The van der Waals surface area contributed by atoms with Gasteiger partial charge in [-0.25, -0.2) is 14.6 Å². The Kier molecular flexibility index (Phi) is 4.62. The van der Waals surface area contributed by atoms with Crippen LogP contribution in [0.25, 0.3) is 11.2 Å². The van der Waals surface area contributed by atoms with Crippen molar-refractivity contribution in [1.29, 1.82) is 0 Å². The number of hydrogen-bond donors (Lipinski definition) is 0. The Balaban J connectivity index is 1.33. The molecule has 0 saturated carbocycles. The van der Waals surface area contributed by atoms with Crippen LogP contribution in [0.1, 0.15) is 29.2 Å². The lowest BCUT2D eigenvalue weighted by Crippen LogP contribution is -2.47. The molecular weight excluding hydrogens is 374 g/mol. The molecule has 2 aliphatic heterocycles. The molecule has 10 heteroatoms. The lowest BCUT2D eigenvalue weighted by atomic mass is 10.2. The van der Waals surface area contributed by atoms with Gasteiger partial charge in [-0.15, -0.1) is 5.10 Å². The number of ether oxygens (including phenoxy) is 1. The fourth-order valence-corrected chi connectivity index (χ4v) is 3.98. The first-order valence-electron chi connectivity index (χ1n) is 9.95. The van der Waals surface area contributed by atoms with Crippen LogP contribution in [0.15, 0.2) is 22.9 Å². The summed E-state index contributed by atoms with van der Waals surface area (Å²) in [6.45, 7) is 5.72. The van der Waals surface area contributed by atoms with Crippen LogP contribution >= 0.6 is 0 Å². The standard InChI is InChI=1S/C19H23N7O3/c1-13-4-5-15(29-13)19(27)25-8-9-28-14(10-25)11-26-18-16(22-23-26)17(20-12-21-18)24-6-2-3-7-24/h4-5,12,14H,2-3,6-11H2,1H3/t14-/m1/s1. The van der Waals surface area contributed by atoms with Crippen LogP contribution < -0.4 is 4.90 Å². The number of furan rings is 1. The SMILES string of the molecule is Cc1ccc(C(=O)N2CCO[C@@H](Cn3nnc4c(N5CCCC5)ncnc43)C2)o1. The first-order valence-corrected chi connectivity index (χ1v) is 9.95. The van der Waals surface area contributed by atoms with Crippen LogP contribution in [0.2, 0.25) is 0 Å². The zero-order valence-corrected chi connectivity index (χ0v) is 16.3. The van der Waals surface area contributed by atoms with Crippen molar-refractivity contribution in [2.75, 3.05) is 37.7 Å². The van der Waals surface area contributed by atoms with Gasteiger partial charge in [0.15, 0.2) is 22.7 Å². The van der Waals surface area contributed by atoms with Crippen molar-refractivity contribution < 1.29 is 13.9 Å². The van der Waals surface area contributed by atoms with Crippen molar-refractivity contribution in [3.63, 3.8) is 0 Å². The van der Waals surface area contributed by atoms with Crippen molar-refractivity contribution in [3.05, 3.63) is 30.0 Å². The number of fused-ring (bicyclic) bond motifs is 1. The Labute approximate surface area is 167 Å². The Morgan fingerprint density at radius 1 is 1.21 bits per heavy atom. The summed E-state index contributed by atoms with van der Waals surface area (Å²) in [7, 11) is 0. The highest BCUT2D eigenvalue weighted by atomic mass is 16.5. The molecule has 10 nitrogen and oxygen atoms in total. The second kappa shape index (κ2) is 7.43. The van der Waals surface area contributed by atoms with Gasteiger partial charge in [-0.2, -0.15) is 0 Å². The molecule has 1 atom stereocenters. The average Bonchev–Trinajstić information content (AvgIpc) is 3.49. The Morgan fingerprint density at radius 3 is 2.86 bits per heavy atom. The van der Waals surface area contributed by atoms with E-state index in [0.29, 0.717) is 43.2 Å². The van der Waals surface area contributed by atoms with Crippen molar-refractivity contribution >= 4 is 22.9 Å². The number of rotatable bonds is 4. The summed E-state index contributed by atoms with van der Waals surface area (Å²) in [4.78, 5) is 25.5. The van der Waals surface area contributed by atoms with Crippen LogP contribution in [0.3, 0.4) is 0 Å². The maximum atomic E-state index is 12.7. The molecular formula is C19H23N7O3. The minimum absolute atomic E-state index is 0.117. The summed E-state index contributed by atoms with van der Waals surface area (Å²) >= 11 is 0. The fourth-order valence-electron chi connectivity index (χ4n) is 3.98. The first-order chi connectivity index (χ1) is 14.2. The molecule has 0 spiro atoms. The van der Waals surface area contributed by atoms with Crippen molar-refractivity contribution in [2.45, 2.75) is 32.4 Å². The van der Waals surface area contributed by atoms with E-state index >= 15 is 0 Å². The summed E-state index contributed by atoms with van der Waals surface area (Å²) in [5, 5.41) is 8.62. The number of carbonyl (C=O) groups excluding carboxylic acids is 1. The number of aryl methyl sites for hydroxylation is 1. The molecule has 29 heavy (non-hydrogen) atoms. The maximum Gasteiger partial charge on any atom is 0.289 e. The van der Waals surface area contributed by atoms with Gasteiger partial charge >= 0.3 is 0 Å². The van der Waals surface area contributed by atoms with Gasteiger partial charge in [0.1, 0.15) is 12.1 Å². The van der Waals surface area contributed by atoms with Crippen molar-refractivity contribution in [1.82, 2.24) is 29.9 Å². The smallest absolute Gasteiger partial charge is 0.289 e. The number of aromatic nitrogens is 5. The normalized spacial score (nSPS) is 20.0. The lowest BCUT2D eigenvalue weighted by Gasteiger charge is -2.32. The molecule has 2 saturated heterocycles. The van der Waals surface area contributed by atoms with Gasteiger partial charge < -0.3 is 19.0 Å². The molecule has 5 heterocycles. The van der Waals surface area contributed by atoms with E-state index in [0.717, 1.165) is 37.5 Å². The van der Waals surface area contributed by atoms with E-state index < -0.39 is 0 Å². The van der Waals surface area contributed by atoms with Gasteiger partial charge in [0.05, 0.1) is 19.3 Å². The van der Waals surface area contributed by atoms with E-state index in [-0.39, 0.29) is 12.0 Å². The summed E-state index contributed by atoms with van der Waals surface area (Å²) in [5.74, 6) is 1.81. The van der Waals surface area contributed by atoms with Gasteiger partial charge in [-0.1, -0.05) is 5.21 Å². The number of nitrogens with zero attached hydrogens (tertiary/aromatic N) is 7. The second-order valence-electron chi connectivity index (χ2n) is 7.49. The van der Waals surface area contributed by atoms with Gasteiger partial charge in [0.25, 0.3) is 5.91 Å². The van der Waals surface area contributed by atoms with Gasteiger partial charge in [-0.05, 0) is 31.9 Å². The summed E-state index contributed by atoms with van der Waals surface area (Å²) in [5.41, 5.74) is 1.40. The predicted molar refractivity (Wildman–Crippen MR) is 104 cm³/mol. The summed E-state index contributed by atoms with van der Waals surface area (Å²) in [6, 6.07) is 3.51. The van der Waals surface area contributed by atoms with E-state index in [9.17, 15) is 4.79 Å². The van der Waals surface area contributed by atoms with Crippen LogP contribution in [0.4, 0.5) is 5.82 Å². The molecule has 2 aliphatic rings. The highest BCUT2D eigenvalue weighted by molar-refractivity contribution is 5.91. The zero-order valence-electron chi connectivity index (χ0n) is 16.3. The average molecular weight is 397 g/mol. The molecule has 0 radical (unpaired) electrons. The largest absolute Gasteiger partial charge is 0.456 e. The molecule has 0 bridgehead atoms. The van der Waals surface area contributed by atoms with E-state index in [1.807, 2.05) is 6.92 Å². The lowest BCUT2D eigenvalue weighted by molar-refractivity contribution is -0.0305. The van der Waals surface area contributed by atoms with E-state index in [1.54, 1.807) is 28.0 Å². The van der Waals surface area contributed by atoms with Crippen LogP contribution in [-0.2, 0) is 11.3 Å². The molecule has 152 valence electrons. The maximum absolute atomic E-state index is 12.7.